The van der Waals surface area contributed by atoms with Gasteiger partial charge in [0.1, 0.15) is 5.82 Å². The highest BCUT2D eigenvalue weighted by Gasteiger charge is 2.18. The molecular weight excluding hydrogens is 200 g/mol. The van der Waals surface area contributed by atoms with Crippen LogP contribution in [0.1, 0.15) is 45.2 Å². The van der Waals surface area contributed by atoms with Crippen LogP contribution in [-0.2, 0) is 7.05 Å². The van der Waals surface area contributed by atoms with E-state index in [0.717, 1.165) is 23.7 Å². The first-order valence-electron chi connectivity index (χ1n) is 6.02. The molecule has 0 aliphatic heterocycles. The number of hydrogen-bond acceptors (Lipinski definition) is 3. The summed E-state index contributed by atoms with van der Waals surface area (Å²) in [6.45, 7) is 7.46. The summed E-state index contributed by atoms with van der Waals surface area (Å²) in [7, 11) is 4.03. The number of aryl methyl sites for hydroxylation is 1. The van der Waals surface area contributed by atoms with Crippen molar-refractivity contribution in [3.63, 3.8) is 0 Å². The molecule has 16 heavy (non-hydrogen) atoms. The summed E-state index contributed by atoms with van der Waals surface area (Å²) < 4.78 is 1.89. The Labute approximate surface area is 98.4 Å². The zero-order valence-electron chi connectivity index (χ0n) is 11.1. The van der Waals surface area contributed by atoms with E-state index in [2.05, 4.69) is 37.8 Å². The molecule has 0 fully saturated rings. The van der Waals surface area contributed by atoms with Gasteiger partial charge in [0.05, 0.1) is 11.4 Å². The van der Waals surface area contributed by atoms with Gasteiger partial charge in [-0.2, -0.15) is 5.10 Å². The first kappa shape index (κ1) is 12.9. The van der Waals surface area contributed by atoms with E-state index in [9.17, 15) is 0 Å². The first-order valence-corrected chi connectivity index (χ1v) is 6.02. The van der Waals surface area contributed by atoms with E-state index < -0.39 is 0 Å². The number of nitrogen functional groups attached to an aromatic ring is 1. The maximum Gasteiger partial charge on any atom is 0.150 e. The number of unbranched alkanes of at least 4 members (excludes halogenated alkanes) is 1. The van der Waals surface area contributed by atoms with Crippen LogP contribution in [0.5, 0.6) is 0 Å². The first-order chi connectivity index (χ1) is 7.49. The van der Waals surface area contributed by atoms with E-state index in [1.165, 1.54) is 12.8 Å². The Morgan fingerprint density at radius 2 is 2.06 bits per heavy atom. The van der Waals surface area contributed by atoms with Gasteiger partial charge in [-0.05, 0) is 12.3 Å². The maximum atomic E-state index is 6.15. The highest BCUT2D eigenvalue weighted by Crippen LogP contribution is 2.29. The lowest BCUT2D eigenvalue weighted by Crippen LogP contribution is -2.22. The maximum absolute atomic E-state index is 6.15. The minimum Gasteiger partial charge on any atom is -0.394 e. The van der Waals surface area contributed by atoms with Gasteiger partial charge in [-0.1, -0.05) is 27.2 Å². The summed E-state index contributed by atoms with van der Waals surface area (Å²) in [6, 6.07) is 0. The number of nitrogens with zero attached hydrogens (tertiary/aromatic N) is 3. The molecule has 1 heterocycles. The number of hydrogen-bond donors (Lipinski definition) is 1. The molecule has 0 bridgehead atoms. The topological polar surface area (TPSA) is 47.1 Å². The Kier molecular flexibility index (Phi) is 4.21. The minimum absolute atomic E-state index is 0.375. The van der Waals surface area contributed by atoms with Crippen LogP contribution in [-0.4, -0.2) is 23.4 Å². The van der Waals surface area contributed by atoms with E-state index in [1.807, 2.05) is 11.7 Å². The third kappa shape index (κ3) is 2.49. The van der Waals surface area contributed by atoms with Crippen LogP contribution in [0.3, 0.4) is 0 Å². The molecule has 0 radical (unpaired) electrons. The molecule has 0 atom stereocenters. The van der Waals surface area contributed by atoms with Crippen LogP contribution in [0.2, 0.25) is 0 Å². The normalized spacial score (nSPS) is 11.1. The van der Waals surface area contributed by atoms with Gasteiger partial charge < -0.3 is 10.6 Å². The van der Waals surface area contributed by atoms with Gasteiger partial charge in [-0.3, -0.25) is 4.68 Å². The van der Waals surface area contributed by atoms with Crippen LogP contribution in [0.25, 0.3) is 0 Å². The highest BCUT2D eigenvalue weighted by molar-refractivity contribution is 5.66. The van der Waals surface area contributed by atoms with Gasteiger partial charge in [0, 0.05) is 20.6 Å². The molecule has 0 saturated carbocycles. The predicted octanol–water partition coefficient (Wildman–Crippen LogP) is 2.36. The highest BCUT2D eigenvalue weighted by atomic mass is 15.4. The summed E-state index contributed by atoms with van der Waals surface area (Å²) in [4.78, 5) is 2.19. The van der Waals surface area contributed by atoms with Crippen LogP contribution in [0, 0.1) is 0 Å². The molecule has 0 amide bonds. The summed E-state index contributed by atoms with van der Waals surface area (Å²) in [5.74, 6) is 1.41. The molecule has 0 aliphatic carbocycles. The van der Waals surface area contributed by atoms with Crippen LogP contribution in [0.15, 0.2) is 0 Å². The Balaban J connectivity index is 2.95. The molecule has 0 unspecified atom stereocenters. The third-order valence-electron chi connectivity index (χ3n) is 2.84. The van der Waals surface area contributed by atoms with E-state index >= 15 is 0 Å². The molecule has 92 valence electrons. The van der Waals surface area contributed by atoms with Gasteiger partial charge in [-0.15, -0.1) is 0 Å². The Morgan fingerprint density at radius 1 is 1.44 bits per heavy atom. The smallest absolute Gasteiger partial charge is 0.150 e. The van der Waals surface area contributed by atoms with Crippen molar-refractivity contribution in [1.82, 2.24) is 9.78 Å². The molecule has 0 spiro atoms. The molecule has 1 rings (SSSR count). The van der Waals surface area contributed by atoms with Gasteiger partial charge >= 0.3 is 0 Å². The standard InChI is InChI=1S/C12H24N4/c1-6-7-8-15(4)12-10(13)11(9(2)3)14-16(12)5/h9H,6-8,13H2,1-5H3. The molecule has 1 aromatic heterocycles. The van der Waals surface area contributed by atoms with Crippen LogP contribution in [0.4, 0.5) is 11.5 Å². The minimum atomic E-state index is 0.375. The van der Waals surface area contributed by atoms with E-state index in [0.29, 0.717) is 5.92 Å². The van der Waals surface area contributed by atoms with Gasteiger partial charge in [0.15, 0.2) is 0 Å². The molecule has 0 aromatic carbocycles. The average molecular weight is 224 g/mol. The SMILES string of the molecule is CCCCN(C)c1c(N)c(C(C)C)nn1C. The summed E-state index contributed by atoms with van der Waals surface area (Å²) >= 11 is 0. The fraction of sp³-hybridized carbons (Fsp3) is 0.750. The number of aromatic nitrogens is 2. The van der Waals surface area contributed by atoms with Crippen molar-refractivity contribution in [3.8, 4) is 0 Å². The monoisotopic (exact) mass is 224 g/mol. The fourth-order valence-electron chi connectivity index (χ4n) is 1.93. The van der Waals surface area contributed by atoms with Crippen molar-refractivity contribution in [2.75, 3.05) is 24.2 Å². The second-order valence-electron chi connectivity index (χ2n) is 4.68. The van der Waals surface area contributed by atoms with Crippen molar-refractivity contribution < 1.29 is 0 Å². The lowest BCUT2D eigenvalue weighted by atomic mass is 10.1. The molecule has 0 saturated heterocycles. The summed E-state index contributed by atoms with van der Waals surface area (Å²) in [5, 5.41) is 4.49. The van der Waals surface area contributed by atoms with Gasteiger partial charge in [0.2, 0.25) is 0 Å². The van der Waals surface area contributed by atoms with E-state index in [4.69, 9.17) is 5.73 Å². The Bertz CT molecular complexity index is 341. The molecule has 2 N–H and O–H groups in total. The van der Waals surface area contributed by atoms with Crippen LogP contribution >= 0.6 is 0 Å². The molecule has 4 nitrogen and oxygen atoms in total. The largest absolute Gasteiger partial charge is 0.394 e. The number of rotatable bonds is 5. The van der Waals surface area contributed by atoms with Crippen molar-refractivity contribution >= 4 is 11.5 Å². The van der Waals surface area contributed by atoms with Gasteiger partial charge in [0.25, 0.3) is 0 Å². The molecule has 0 aliphatic rings. The zero-order valence-corrected chi connectivity index (χ0v) is 11.1. The average Bonchev–Trinajstić information content (AvgIpc) is 2.51. The van der Waals surface area contributed by atoms with Crippen molar-refractivity contribution in [3.05, 3.63) is 5.69 Å². The molecule has 1 aromatic rings. The van der Waals surface area contributed by atoms with Crippen molar-refractivity contribution in [2.45, 2.75) is 39.5 Å². The third-order valence-corrected chi connectivity index (χ3v) is 2.84. The van der Waals surface area contributed by atoms with Crippen LogP contribution < -0.4 is 10.6 Å². The Hall–Kier alpha value is -1.19. The van der Waals surface area contributed by atoms with Crippen molar-refractivity contribution in [2.24, 2.45) is 7.05 Å². The van der Waals surface area contributed by atoms with E-state index in [1.54, 1.807) is 0 Å². The number of nitrogens with two attached hydrogens (primary N) is 1. The van der Waals surface area contributed by atoms with Gasteiger partial charge in [-0.25, -0.2) is 0 Å². The Morgan fingerprint density at radius 3 is 2.50 bits per heavy atom. The van der Waals surface area contributed by atoms with Crippen molar-refractivity contribution in [1.29, 1.82) is 0 Å². The zero-order chi connectivity index (χ0) is 12.3. The number of anilines is 2. The lowest BCUT2D eigenvalue weighted by molar-refractivity contribution is 0.686. The molecular formula is C12H24N4. The second kappa shape index (κ2) is 5.23. The van der Waals surface area contributed by atoms with E-state index in [-0.39, 0.29) is 0 Å². The molecule has 4 heteroatoms. The summed E-state index contributed by atoms with van der Waals surface area (Å²) in [5.41, 5.74) is 7.98. The lowest BCUT2D eigenvalue weighted by Gasteiger charge is -2.19. The fourth-order valence-corrected chi connectivity index (χ4v) is 1.93. The quantitative estimate of drug-likeness (QED) is 0.835. The predicted molar refractivity (Wildman–Crippen MR) is 69.9 cm³/mol. The second-order valence-corrected chi connectivity index (χ2v) is 4.68. The summed E-state index contributed by atoms with van der Waals surface area (Å²) in [6.07, 6.45) is 2.37.